The lowest BCUT2D eigenvalue weighted by Crippen LogP contribution is -2.23. The highest BCUT2D eigenvalue weighted by molar-refractivity contribution is 7.98. The standard InChI is InChI=1S/C17H20N2S/c1-2-6-12(7-3-1)18-17-13-8-4-5-9-15(13)19-16-11-20-10-14(16)17/h4-5,8-9,12H,1-3,6-7,10-11H2,(H,18,19). The first-order chi connectivity index (χ1) is 9.92. The van der Waals surface area contributed by atoms with Gasteiger partial charge in [0.1, 0.15) is 0 Å². The van der Waals surface area contributed by atoms with Crippen LogP contribution in [-0.4, -0.2) is 11.0 Å². The maximum atomic E-state index is 4.85. The van der Waals surface area contributed by atoms with E-state index in [9.17, 15) is 0 Å². The Kier molecular flexibility index (Phi) is 3.31. The number of rotatable bonds is 2. The molecule has 4 rings (SSSR count). The Labute approximate surface area is 124 Å². The molecule has 2 nitrogen and oxygen atoms in total. The summed E-state index contributed by atoms with van der Waals surface area (Å²) in [7, 11) is 0. The van der Waals surface area contributed by atoms with Crippen molar-refractivity contribution in [1.82, 2.24) is 4.98 Å². The zero-order valence-corrected chi connectivity index (χ0v) is 12.5. The number of fused-ring (bicyclic) bond motifs is 2. The first-order valence-electron chi connectivity index (χ1n) is 7.66. The number of anilines is 1. The van der Waals surface area contributed by atoms with Crippen molar-refractivity contribution in [3.05, 3.63) is 35.5 Å². The molecule has 0 unspecified atom stereocenters. The highest BCUT2D eigenvalue weighted by Gasteiger charge is 2.22. The molecule has 1 aliphatic heterocycles. The van der Waals surface area contributed by atoms with Crippen LogP contribution >= 0.6 is 11.8 Å². The third kappa shape index (κ3) is 2.18. The Morgan fingerprint density at radius 3 is 2.80 bits per heavy atom. The fraction of sp³-hybridized carbons (Fsp3) is 0.471. The van der Waals surface area contributed by atoms with E-state index in [4.69, 9.17) is 4.98 Å². The molecular formula is C17H20N2S. The van der Waals surface area contributed by atoms with Crippen LogP contribution in [0.15, 0.2) is 24.3 Å². The van der Waals surface area contributed by atoms with Crippen molar-refractivity contribution in [2.45, 2.75) is 49.7 Å². The predicted molar refractivity (Wildman–Crippen MR) is 87.2 cm³/mol. The summed E-state index contributed by atoms with van der Waals surface area (Å²) in [4.78, 5) is 4.85. The van der Waals surface area contributed by atoms with Gasteiger partial charge in [0.2, 0.25) is 0 Å². The lowest BCUT2D eigenvalue weighted by atomic mass is 9.94. The van der Waals surface area contributed by atoms with Gasteiger partial charge < -0.3 is 5.32 Å². The normalized spacial score (nSPS) is 19.2. The Hall–Kier alpha value is -1.22. The summed E-state index contributed by atoms with van der Waals surface area (Å²) in [6, 6.07) is 9.24. The van der Waals surface area contributed by atoms with E-state index in [1.165, 1.54) is 54.4 Å². The summed E-state index contributed by atoms with van der Waals surface area (Å²) in [6.07, 6.45) is 6.79. The molecule has 0 radical (unpaired) electrons. The van der Waals surface area contributed by atoms with Gasteiger partial charge in [-0.15, -0.1) is 0 Å². The van der Waals surface area contributed by atoms with Gasteiger partial charge in [-0.25, -0.2) is 0 Å². The summed E-state index contributed by atoms with van der Waals surface area (Å²) < 4.78 is 0. The zero-order valence-electron chi connectivity index (χ0n) is 11.7. The quantitative estimate of drug-likeness (QED) is 0.863. The second-order valence-electron chi connectivity index (χ2n) is 5.90. The monoisotopic (exact) mass is 284 g/mol. The van der Waals surface area contributed by atoms with Gasteiger partial charge in [0.25, 0.3) is 0 Å². The van der Waals surface area contributed by atoms with E-state index in [-0.39, 0.29) is 0 Å². The molecule has 1 fully saturated rings. The first kappa shape index (κ1) is 12.5. The second-order valence-corrected chi connectivity index (χ2v) is 6.89. The Bertz CT molecular complexity index is 632. The van der Waals surface area contributed by atoms with Gasteiger partial charge in [-0.3, -0.25) is 4.98 Å². The highest BCUT2D eigenvalue weighted by atomic mass is 32.2. The molecule has 20 heavy (non-hydrogen) atoms. The molecule has 104 valence electrons. The number of para-hydroxylation sites is 1. The van der Waals surface area contributed by atoms with E-state index in [1.54, 1.807) is 0 Å². The van der Waals surface area contributed by atoms with E-state index in [0.29, 0.717) is 6.04 Å². The van der Waals surface area contributed by atoms with Crippen LogP contribution in [0.25, 0.3) is 10.9 Å². The average molecular weight is 284 g/mol. The van der Waals surface area contributed by atoms with Gasteiger partial charge in [-0.1, -0.05) is 37.5 Å². The maximum absolute atomic E-state index is 4.85. The Morgan fingerprint density at radius 1 is 1.05 bits per heavy atom. The fourth-order valence-corrected chi connectivity index (χ4v) is 4.49. The van der Waals surface area contributed by atoms with Crippen molar-refractivity contribution < 1.29 is 0 Å². The zero-order chi connectivity index (χ0) is 13.4. The van der Waals surface area contributed by atoms with Gasteiger partial charge in [-0.2, -0.15) is 11.8 Å². The van der Waals surface area contributed by atoms with Crippen LogP contribution in [0.5, 0.6) is 0 Å². The topological polar surface area (TPSA) is 24.9 Å². The molecule has 3 heteroatoms. The van der Waals surface area contributed by atoms with Crippen LogP contribution in [0.1, 0.15) is 43.4 Å². The van der Waals surface area contributed by atoms with Crippen molar-refractivity contribution in [2.24, 2.45) is 0 Å². The number of nitrogens with zero attached hydrogens (tertiary/aromatic N) is 1. The van der Waals surface area contributed by atoms with Crippen LogP contribution in [0.4, 0.5) is 5.69 Å². The molecule has 0 bridgehead atoms. The SMILES string of the molecule is c1ccc2c(NC3CCCCC3)c3c(nc2c1)CSC3. The highest BCUT2D eigenvalue weighted by Crippen LogP contribution is 2.39. The minimum atomic E-state index is 0.657. The molecule has 1 aliphatic carbocycles. The molecule has 2 heterocycles. The smallest absolute Gasteiger partial charge is 0.0726 e. The van der Waals surface area contributed by atoms with E-state index in [1.807, 2.05) is 11.8 Å². The van der Waals surface area contributed by atoms with Crippen molar-refractivity contribution in [1.29, 1.82) is 0 Å². The van der Waals surface area contributed by atoms with Gasteiger partial charge in [0.05, 0.1) is 11.2 Å². The van der Waals surface area contributed by atoms with E-state index in [0.717, 1.165) is 17.0 Å². The molecule has 2 aliphatic rings. The third-order valence-corrected chi connectivity index (χ3v) is 5.49. The number of nitrogens with one attached hydrogen (secondary N) is 1. The molecule has 0 atom stereocenters. The summed E-state index contributed by atoms with van der Waals surface area (Å²) in [6.45, 7) is 0. The molecule has 1 N–H and O–H groups in total. The molecule has 2 aromatic rings. The summed E-state index contributed by atoms with van der Waals surface area (Å²) in [5, 5.41) is 5.18. The number of hydrogen-bond acceptors (Lipinski definition) is 3. The Morgan fingerprint density at radius 2 is 1.90 bits per heavy atom. The largest absolute Gasteiger partial charge is 0.381 e. The van der Waals surface area contributed by atoms with Crippen molar-refractivity contribution >= 4 is 28.4 Å². The average Bonchev–Trinajstić information content (AvgIpc) is 2.96. The fourth-order valence-electron chi connectivity index (χ4n) is 3.44. The summed E-state index contributed by atoms with van der Waals surface area (Å²) in [5.41, 5.74) is 5.28. The predicted octanol–water partition coefficient (Wildman–Crippen LogP) is 4.73. The van der Waals surface area contributed by atoms with E-state index in [2.05, 4.69) is 29.6 Å². The summed E-state index contributed by atoms with van der Waals surface area (Å²) >= 11 is 1.99. The third-order valence-electron chi connectivity index (χ3n) is 4.52. The Balaban J connectivity index is 1.79. The number of thioether (sulfide) groups is 1. The van der Waals surface area contributed by atoms with Crippen LogP contribution < -0.4 is 5.32 Å². The lowest BCUT2D eigenvalue weighted by Gasteiger charge is -2.26. The molecule has 0 spiro atoms. The molecule has 1 saturated carbocycles. The minimum Gasteiger partial charge on any atom is -0.381 e. The summed E-state index contributed by atoms with van der Waals surface area (Å²) in [5.74, 6) is 2.18. The lowest BCUT2D eigenvalue weighted by molar-refractivity contribution is 0.463. The van der Waals surface area contributed by atoms with Crippen LogP contribution in [0.2, 0.25) is 0 Å². The number of benzene rings is 1. The molecule has 0 amide bonds. The van der Waals surface area contributed by atoms with Crippen molar-refractivity contribution in [3.63, 3.8) is 0 Å². The number of pyridine rings is 1. The van der Waals surface area contributed by atoms with Crippen LogP contribution in [0.3, 0.4) is 0 Å². The number of aromatic nitrogens is 1. The van der Waals surface area contributed by atoms with Gasteiger partial charge >= 0.3 is 0 Å². The molecule has 1 aromatic carbocycles. The first-order valence-corrected chi connectivity index (χ1v) is 8.82. The van der Waals surface area contributed by atoms with Crippen LogP contribution in [0, 0.1) is 0 Å². The number of hydrogen-bond donors (Lipinski definition) is 1. The second kappa shape index (κ2) is 5.28. The van der Waals surface area contributed by atoms with Crippen molar-refractivity contribution in [3.8, 4) is 0 Å². The van der Waals surface area contributed by atoms with E-state index < -0.39 is 0 Å². The van der Waals surface area contributed by atoms with Gasteiger partial charge in [0, 0.05) is 34.2 Å². The van der Waals surface area contributed by atoms with Gasteiger partial charge in [-0.05, 0) is 18.9 Å². The maximum Gasteiger partial charge on any atom is 0.0726 e. The molecule has 0 saturated heterocycles. The molecule has 1 aromatic heterocycles. The molecular weight excluding hydrogens is 264 g/mol. The van der Waals surface area contributed by atoms with Gasteiger partial charge in [0.15, 0.2) is 0 Å². The van der Waals surface area contributed by atoms with E-state index >= 15 is 0 Å². The van der Waals surface area contributed by atoms with Crippen molar-refractivity contribution in [2.75, 3.05) is 5.32 Å². The van der Waals surface area contributed by atoms with Crippen LogP contribution in [-0.2, 0) is 11.5 Å². The minimum absolute atomic E-state index is 0.657.